The number of ether oxygens (including phenoxy) is 2. The number of benzene rings is 1. The lowest BCUT2D eigenvalue weighted by atomic mass is 10.1. The minimum absolute atomic E-state index is 0.000817. The van der Waals surface area contributed by atoms with Crippen LogP contribution in [0.4, 0.5) is 0 Å². The van der Waals surface area contributed by atoms with E-state index >= 15 is 0 Å². The quantitative estimate of drug-likeness (QED) is 0.150. The highest BCUT2D eigenvalue weighted by molar-refractivity contribution is 5.97. The lowest BCUT2D eigenvalue weighted by Gasteiger charge is -2.07. The summed E-state index contributed by atoms with van der Waals surface area (Å²) in [7, 11) is 0. The van der Waals surface area contributed by atoms with Crippen molar-refractivity contribution in [2.24, 2.45) is 0 Å². The normalized spacial score (nSPS) is 11.1. The zero-order valence-electron chi connectivity index (χ0n) is 17.5. The molecular weight excluding hydrogens is 350 g/mol. The Kier molecular flexibility index (Phi) is 13.4. The second-order valence-corrected chi connectivity index (χ2v) is 6.99. The van der Waals surface area contributed by atoms with Crippen LogP contribution in [-0.2, 0) is 9.53 Å². The standard InChI is InChI=1S/C24H35NO3/c1-3-5-6-7-8-9-10-11-12-13-18-28-23-16-14-21(15-17-23)19-22(20-25)24(26)27-4-2/h14-17,19H,3-13,18H2,1-2H3/b22-19+. The second kappa shape index (κ2) is 15.7. The molecule has 0 bridgehead atoms. The van der Waals surface area contributed by atoms with Crippen LogP contribution < -0.4 is 4.74 Å². The molecule has 154 valence electrons. The molecule has 0 spiro atoms. The molecule has 0 radical (unpaired) electrons. The molecule has 1 aromatic rings. The molecule has 0 aliphatic heterocycles. The smallest absolute Gasteiger partial charge is 0.348 e. The number of hydrogen-bond acceptors (Lipinski definition) is 4. The zero-order chi connectivity index (χ0) is 20.5. The molecule has 4 heteroatoms. The molecule has 0 unspecified atom stereocenters. The molecule has 0 aromatic heterocycles. The third-order valence-corrected chi connectivity index (χ3v) is 4.57. The van der Waals surface area contributed by atoms with Gasteiger partial charge in [-0.2, -0.15) is 5.26 Å². The molecule has 0 amide bonds. The van der Waals surface area contributed by atoms with Gasteiger partial charge in [-0.1, -0.05) is 76.8 Å². The average molecular weight is 386 g/mol. The third kappa shape index (κ3) is 10.8. The summed E-state index contributed by atoms with van der Waals surface area (Å²) in [6.07, 6.45) is 14.6. The minimum Gasteiger partial charge on any atom is -0.494 e. The van der Waals surface area contributed by atoms with E-state index in [0.29, 0.717) is 0 Å². The van der Waals surface area contributed by atoms with Gasteiger partial charge in [-0.3, -0.25) is 0 Å². The molecule has 0 N–H and O–H groups in total. The Morgan fingerprint density at radius 3 is 2.04 bits per heavy atom. The molecule has 0 aliphatic carbocycles. The van der Waals surface area contributed by atoms with Gasteiger partial charge in [0, 0.05) is 0 Å². The first kappa shape index (κ1) is 23.8. The molecule has 0 fully saturated rings. The van der Waals surface area contributed by atoms with E-state index in [4.69, 9.17) is 14.7 Å². The highest BCUT2D eigenvalue weighted by atomic mass is 16.5. The van der Waals surface area contributed by atoms with Crippen LogP contribution in [-0.4, -0.2) is 19.2 Å². The van der Waals surface area contributed by atoms with Gasteiger partial charge >= 0.3 is 5.97 Å². The van der Waals surface area contributed by atoms with Crippen LogP contribution in [0.3, 0.4) is 0 Å². The first-order valence-corrected chi connectivity index (χ1v) is 10.7. The van der Waals surface area contributed by atoms with Gasteiger partial charge in [0.05, 0.1) is 13.2 Å². The minimum atomic E-state index is -0.591. The van der Waals surface area contributed by atoms with Crippen molar-refractivity contribution in [2.45, 2.75) is 78.1 Å². The third-order valence-electron chi connectivity index (χ3n) is 4.57. The van der Waals surface area contributed by atoms with Crippen molar-refractivity contribution in [1.29, 1.82) is 5.26 Å². The lowest BCUT2D eigenvalue weighted by molar-refractivity contribution is -0.137. The molecule has 0 heterocycles. The van der Waals surface area contributed by atoms with E-state index in [9.17, 15) is 4.79 Å². The van der Waals surface area contributed by atoms with E-state index in [1.54, 1.807) is 6.92 Å². The number of carbonyl (C=O) groups is 1. The topological polar surface area (TPSA) is 59.3 Å². The molecule has 0 saturated carbocycles. The number of hydrogen-bond donors (Lipinski definition) is 0. The summed E-state index contributed by atoms with van der Waals surface area (Å²) in [6.45, 7) is 4.94. The summed E-state index contributed by atoms with van der Waals surface area (Å²) in [5.74, 6) is 0.217. The predicted octanol–water partition coefficient (Wildman–Crippen LogP) is 6.46. The van der Waals surface area contributed by atoms with Crippen LogP contribution in [0.2, 0.25) is 0 Å². The van der Waals surface area contributed by atoms with Gasteiger partial charge in [-0.15, -0.1) is 0 Å². The molecule has 28 heavy (non-hydrogen) atoms. The summed E-state index contributed by atoms with van der Waals surface area (Å²) in [4.78, 5) is 11.6. The van der Waals surface area contributed by atoms with Crippen molar-refractivity contribution in [1.82, 2.24) is 0 Å². The van der Waals surface area contributed by atoms with Crippen molar-refractivity contribution in [3.05, 3.63) is 35.4 Å². The Bertz CT molecular complexity index is 614. The molecule has 0 atom stereocenters. The Labute approximate surface area is 170 Å². The number of nitriles is 1. The second-order valence-electron chi connectivity index (χ2n) is 6.99. The maximum atomic E-state index is 11.6. The van der Waals surface area contributed by atoms with Crippen molar-refractivity contribution in [3.63, 3.8) is 0 Å². The Balaban J connectivity index is 2.20. The summed E-state index contributed by atoms with van der Waals surface area (Å²) in [5.41, 5.74) is 0.775. The van der Waals surface area contributed by atoms with E-state index in [1.165, 1.54) is 63.9 Å². The number of esters is 1. The molecule has 1 aromatic carbocycles. The highest BCUT2D eigenvalue weighted by Crippen LogP contribution is 2.16. The van der Waals surface area contributed by atoms with E-state index < -0.39 is 5.97 Å². The maximum Gasteiger partial charge on any atom is 0.348 e. The van der Waals surface area contributed by atoms with E-state index in [0.717, 1.165) is 24.3 Å². The Morgan fingerprint density at radius 1 is 0.929 bits per heavy atom. The summed E-state index contributed by atoms with van der Waals surface area (Å²) >= 11 is 0. The number of carbonyl (C=O) groups excluding carboxylic acids is 1. The zero-order valence-corrected chi connectivity index (χ0v) is 17.5. The van der Waals surface area contributed by atoms with Crippen LogP contribution >= 0.6 is 0 Å². The Hall–Kier alpha value is -2.28. The van der Waals surface area contributed by atoms with Crippen LogP contribution in [0.15, 0.2) is 29.8 Å². The van der Waals surface area contributed by atoms with E-state index in [1.807, 2.05) is 30.3 Å². The van der Waals surface area contributed by atoms with Gasteiger partial charge in [0.1, 0.15) is 17.4 Å². The first-order valence-electron chi connectivity index (χ1n) is 10.7. The highest BCUT2D eigenvalue weighted by Gasteiger charge is 2.09. The van der Waals surface area contributed by atoms with Crippen LogP contribution in [0, 0.1) is 11.3 Å². The van der Waals surface area contributed by atoms with Crippen LogP contribution in [0.25, 0.3) is 6.08 Å². The average Bonchev–Trinajstić information content (AvgIpc) is 2.71. The SMILES string of the molecule is CCCCCCCCCCCCOc1ccc(/C=C(\C#N)C(=O)OCC)cc1. The number of unbranched alkanes of at least 4 members (excludes halogenated alkanes) is 9. The molecular formula is C24H35NO3. The summed E-state index contributed by atoms with van der Waals surface area (Å²) in [6, 6.07) is 9.28. The predicted molar refractivity (Wildman–Crippen MR) is 114 cm³/mol. The van der Waals surface area contributed by atoms with Crippen molar-refractivity contribution >= 4 is 12.0 Å². The van der Waals surface area contributed by atoms with Crippen LogP contribution in [0.5, 0.6) is 5.75 Å². The number of rotatable bonds is 15. The monoisotopic (exact) mass is 385 g/mol. The Morgan fingerprint density at radius 2 is 1.50 bits per heavy atom. The van der Waals surface area contributed by atoms with Gasteiger partial charge in [0.15, 0.2) is 0 Å². The van der Waals surface area contributed by atoms with Gasteiger partial charge < -0.3 is 9.47 Å². The number of nitrogens with zero attached hydrogens (tertiary/aromatic N) is 1. The summed E-state index contributed by atoms with van der Waals surface area (Å²) in [5, 5.41) is 9.06. The molecule has 0 aliphatic rings. The fourth-order valence-corrected chi connectivity index (χ4v) is 2.95. The molecule has 4 nitrogen and oxygen atoms in total. The maximum absolute atomic E-state index is 11.6. The van der Waals surface area contributed by atoms with Gasteiger partial charge in [-0.05, 0) is 37.1 Å². The van der Waals surface area contributed by atoms with Crippen molar-refractivity contribution in [2.75, 3.05) is 13.2 Å². The van der Waals surface area contributed by atoms with E-state index in [2.05, 4.69) is 6.92 Å². The van der Waals surface area contributed by atoms with Gasteiger partial charge in [0.2, 0.25) is 0 Å². The lowest BCUT2D eigenvalue weighted by Crippen LogP contribution is -2.05. The van der Waals surface area contributed by atoms with Crippen molar-refractivity contribution in [3.8, 4) is 11.8 Å². The van der Waals surface area contributed by atoms with Crippen molar-refractivity contribution < 1.29 is 14.3 Å². The first-order chi connectivity index (χ1) is 13.7. The fraction of sp³-hybridized carbons (Fsp3) is 0.583. The molecule has 0 saturated heterocycles. The van der Waals surface area contributed by atoms with E-state index in [-0.39, 0.29) is 12.2 Å². The van der Waals surface area contributed by atoms with Gasteiger partial charge in [-0.25, -0.2) is 4.79 Å². The fourth-order valence-electron chi connectivity index (χ4n) is 2.95. The van der Waals surface area contributed by atoms with Crippen LogP contribution in [0.1, 0.15) is 83.6 Å². The molecule has 1 rings (SSSR count). The largest absolute Gasteiger partial charge is 0.494 e. The van der Waals surface area contributed by atoms with Gasteiger partial charge in [0.25, 0.3) is 0 Å². The summed E-state index contributed by atoms with van der Waals surface area (Å²) < 4.78 is 10.6.